The van der Waals surface area contributed by atoms with E-state index in [0.29, 0.717) is 17.9 Å². The number of rotatable bonds is 5. The standard InChI is InChI=1S/C18H16BrN3O2/c1-2-24-17-8-7-13(19)9-15(17)18(23)22-21-11-12-10-20-16-6-4-3-5-14(12)16/h3-11,20H,2H2,1H3,(H,22,23)/b21-11-. The first-order valence-electron chi connectivity index (χ1n) is 7.51. The molecule has 5 nitrogen and oxygen atoms in total. The molecular formula is C18H16BrN3O2. The second-order valence-electron chi connectivity index (χ2n) is 5.06. The number of H-pyrrole nitrogens is 1. The minimum Gasteiger partial charge on any atom is -0.493 e. The van der Waals surface area contributed by atoms with Crippen molar-refractivity contribution >= 4 is 39.0 Å². The number of hydrazone groups is 1. The van der Waals surface area contributed by atoms with E-state index in [4.69, 9.17) is 4.74 Å². The molecule has 1 aromatic heterocycles. The Balaban J connectivity index is 1.77. The number of fused-ring (bicyclic) bond motifs is 1. The van der Waals surface area contributed by atoms with E-state index in [1.807, 2.05) is 43.5 Å². The molecule has 2 N–H and O–H groups in total. The molecule has 0 radical (unpaired) electrons. The number of aromatic nitrogens is 1. The van der Waals surface area contributed by atoms with Gasteiger partial charge in [-0.2, -0.15) is 5.10 Å². The van der Waals surface area contributed by atoms with Crippen molar-refractivity contribution in [3.8, 4) is 5.75 Å². The molecule has 0 saturated carbocycles. The summed E-state index contributed by atoms with van der Waals surface area (Å²) >= 11 is 3.36. The summed E-state index contributed by atoms with van der Waals surface area (Å²) in [5, 5.41) is 5.10. The van der Waals surface area contributed by atoms with Crippen LogP contribution < -0.4 is 10.2 Å². The Hall–Kier alpha value is -2.60. The maximum absolute atomic E-state index is 12.4. The molecule has 122 valence electrons. The maximum atomic E-state index is 12.4. The van der Waals surface area contributed by atoms with Crippen LogP contribution in [0.3, 0.4) is 0 Å². The predicted molar refractivity (Wildman–Crippen MR) is 98.7 cm³/mol. The fourth-order valence-electron chi connectivity index (χ4n) is 2.38. The average molecular weight is 386 g/mol. The van der Waals surface area contributed by atoms with Crippen molar-refractivity contribution in [2.24, 2.45) is 5.10 Å². The topological polar surface area (TPSA) is 66.5 Å². The Labute approximate surface area is 147 Å². The lowest BCUT2D eigenvalue weighted by Crippen LogP contribution is -2.18. The molecule has 2 aromatic carbocycles. The van der Waals surface area contributed by atoms with Crippen LogP contribution in [0, 0.1) is 0 Å². The molecule has 0 aliphatic rings. The van der Waals surface area contributed by atoms with E-state index in [-0.39, 0.29) is 5.91 Å². The highest BCUT2D eigenvalue weighted by Gasteiger charge is 2.12. The maximum Gasteiger partial charge on any atom is 0.275 e. The van der Waals surface area contributed by atoms with Crippen molar-refractivity contribution in [3.05, 3.63) is 64.3 Å². The fourth-order valence-corrected chi connectivity index (χ4v) is 2.74. The van der Waals surface area contributed by atoms with Gasteiger partial charge in [-0.05, 0) is 31.2 Å². The normalized spacial score (nSPS) is 11.1. The minimum absolute atomic E-state index is 0.323. The van der Waals surface area contributed by atoms with E-state index in [1.54, 1.807) is 18.3 Å². The number of ether oxygens (including phenoxy) is 1. The number of amides is 1. The Morgan fingerprint density at radius 1 is 1.33 bits per heavy atom. The first-order chi connectivity index (χ1) is 11.7. The van der Waals surface area contributed by atoms with Crippen LogP contribution in [0.4, 0.5) is 0 Å². The Morgan fingerprint density at radius 3 is 3.00 bits per heavy atom. The van der Waals surface area contributed by atoms with Crippen LogP contribution in [0.2, 0.25) is 0 Å². The fraction of sp³-hybridized carbons (Fsp3) is 0.111. The summed E-state index contributed by atoms with van der Waals surface area (Å²) in [7, 11) is 0. The average Bonchev–Trinajstić information content (AvgIpc) is 3.00. The molecule has 0 spiro atoms. The van der Waals surface area contributed by atoms with E-state index in [9.17, 15) is 4.79 Å². The van der Waals surface area contributed by atoms with Gasteiger partial charge in [-0.25, -0.2) is 5.43 Å². The number of para-hydroxylation sites is 1. The summed E-state index contributed by atoms with van der Waals surface area (Å²) in [6.45, 7) is 2.36. The van der Waals surface area contributed by atoms with Crippen molar-refractivity contribution in [3.63, 3.8) is 0 Å². The predicted octanol–water partition coefficient (Wildman–Crippen LogP) is 4.09. The minimum atomic E-state index is -0.323. The Kier molecular flexibility index (Phi) is 4.96. The van der Waals surface area contributed by atoms with Crippen molar-refractivity contribution < 1.29 is 9.53 Å². The van der Waals surface area contributed by atoms with E-state index >= 15 is 0 Å². The first kappa shape index (κ1) is 16.3. The monoisotopic (exact) mass is 385 g/mol. The number of hydrogen-bond donors (Lipinski definition) is 2. The zero-order valence-corrected chi connectivity index (χ0v) is 14.6. The summed E-state index contributed by atoms with van der Waals surface area (Å²) in [5.41, 5.74) is 4.91. The molecule has 0 aliphatic heterocycles. The molecule has 0 saturated heterocycles. The second-order valence-corrected chi connectivity index (χ2v) is 5.98. The van der Waals surface area contributed by atoms with Crippen LogP contribution >= 0.6 is 15.9 Å². The number of halogens is 1. The van der Waals surface area contributed by atoms with Crippen LogP contribution in [0.25, 0.3) is 10.9 Å². The van der Waals surface area contributed by atoms with E-state index in [2.05, 4.69) is 31.4 Å². The largest absolute Gasteiger partial charge is 0.493 e. The van der Waals surface area contributed by atoms with Crippen molar-refractivity contribution in [2.75, 3.05) is 6.61 Å². The van der Waals surface area contributed by atoms with Gasteiger partial charge in [-0.15, -0.1) is 0 Å². The molecule has 0 unspecified atom stereocenters. The summed E-state index contributed by atoms with van der Waals surface area (Å²) in [5.74, 6) is 0.205. The number of nitrogens with zero attached hydrogens (tertiary/aromatic N) is 1. The SMILES string of the molecule is CCOc1ccc(Br)cc1C(=O)N/N=C\c1c[nH]c2ccccc12. The van der Waals surface area contributed by atoms with Gasteiger partial charge in [0, 0.05) is 27.1 Å². The molecule has 0 aliphatic carbocycles. The molecular weight excluding hydrogens is 370 g/mol. The molecule has 0 fully saturated rings. The van der Waals surface area contributed by atoms with Gasteiger partial charge >= 0.3 is 0 Å². The number of aromatic amines is 1. The van der Waals surface area contributed by atoms with Crippen LogP contribution in [0.5, 0.6) is 5.75 Å². The Bertz CT molecular complexity index is 902. The van der Waals surface area contributed by atoms with Crippen LogP contribution in [0.15, 0.2) is 58.2 Å². The van der Waals surface area contributed by atoms with Gasteiger partial charge in [-0.3, -0.25) is 4.79 Å². The van der Waals surface area contributed by atoms with Crippen molar-refractivity contribution in [2.45, 2.75) is 6.92 Å². The molecule has 3 aromatic rings. The van der Waals surface area contributed by atoms with Gasteiger partial charge in [0.05, 0.1) is 18.4 Å². The van der Waals surface area contributed by atoms with Gasteiger partial charge in [0.25, 0.3) is 5.91 Å². The van der Waals surface area contributed by atoms with Gasteiger partial charge in [0.1, 0.15) is 5.75 Å². The zero-order chi connectivity index (χ0) is 16.9. The number of benzene rings is 2. The van der Waals surface area contributed by atoms with Gasteiger partial charge < -0.3 is 9.72 Å². The summed E-state index contributed by atoms with van der Waals surface area (Å²) in [6.07, 6.45) is 3.47. The van der Waals surface area contributed by atoms with Gasteiger partial charge in [0.2, 0.25) is 0 Å². The molecule has 1 amide bonds. The molecule has 0 atom stereocenters. The molecule has 3 rings (SSSR count). The summed E-state index contributed by atoms with van der Waals surface area (Å²) in [4.78, 5) is 15.5. The molecule has 0 bridgehead atoms. The smallest absolute Gasteiger partial charge is 0.275 e. The number of carbonyl (C=O) groups excluding carboxylic acids is 1. The molecule has 6 heteroatoms. The van der Waals surface area contributed by atoms with Crippen molar-refractivity contribution in [1.29, 1.82) is 0 Å². The lowest BCUT2D eigenvalue weighted by Gasteiger charge is -2.09. The van der Waals surface area contributed by atoms with E-state index in [1.165, 1.54) is 0 Å². The summed E-state index contributed by atoms with van der Waals surface area (Å²) < 4.78 is 6.29. The lowest BCUT2D eigenvalue weighted by molar-refractivity contribution is 0.0951. The van der Waals surface area contributed by atoms with Crippen molar-refractivity contribution in [1.82, 2.24) is 10.4 Å². The van der Waals surface area contributed by atoms with E-state index < -0.39 is 0 Å². The number of carbonyl (C=O) groups is 1. The number of nitrogens with one attached hydrogen (secondary N) is 2. The quantitative estimate of drug-likeness (QED) is 0.512. The molecule has 24 heavy (non-hydrogen) atoms. The van der Waals surface area contributed by atoms with Gasteiger partial charge in [0.15, 0.2) is 0 Å². The zero-order valence-electron chi connectivity index (χ0n) is 13.0. The third-order valence-corrected chi connectivity index (χ3v) is 3.97. The van der Waals surface area contributed by atoms with Crippen LogP contribution in [0.1, 0.15) is 22.8 Å². The first-order valence-corrected chi connectivity index (χ1v) is 8.30. The highest BCUT2D eigenvalue weighted by atomic mass is 79.9. The van der Waals surface area contributed by atoms with Crippen LogP contribution in [-0.4, -0.2) is 23.7 Å². The summed E-state index contributed by atoms with van der Waals surface area (Å²) in [6, 6.07) is 13.2. The highest BCUT2D eigenvalue weighted by Crippen LogP contribution is 2.23. The number of hydrogen-bond acceptors (Lipinski definition) is 3. The Morgan fingerprint density at radius 2 is 2.17 bits per heavy atom. The van der Waals surface area contributed by atoms with Gasteiger partial charge in [-0.1, -0.05) is 34.1 Å². The highest BCUT2D eigenvalue weighted by molar-refractivity contribution is 9.10. The molecule has 1 heterocycles. The second kappa shape index (κ2) is 7.31. The third-order valence-electron chi connectivity index (χ3n) is 3.48. The van der Waals surface area contributed by atoms with Crippen LogP contribution in [-0.2, 0) is 0 Å². The lowest BCUT2D eigenvalue weighted by atomic mass is 10.2. The third kappa shape index (κ3) is 3.49. The van der Waals surface area contributed by atoms with E-state index in [0.717, 1.165) is 20.9 Å².